The lowest BCUT2D eigenvalue weighted by molar-refractivity contribution is 0.172. The third-order valence-electron chi connectivity index (χ3n) is 2.84. The first kappa shape index (κ1) is 15.1. The SMILES string of the molecule is CN(C)Cc1cc2ccc(OC(=O)N(C)C)cc2oc1=O. The maximum absolute atomic E-state index is 11.9. The van der Waals surface area contributed by atoms with E-state index in [4.69, 9.17) is 9.15 Å². The molecule has 1 aromatic heterocycles. The van der Waals surface area contributed by atoms with Crippen molar-refractivity contribution in [1.82, 2.24) is 9.80 Å². The van der Waals surface area contributed by atoms with Crippen LogP contribution in [0.5, 0.6) is 5.75 Å². The summed E-state index contributed by atoms with van der Waals surface area (Å²) in [4.78, 5) is 26.6. The summed E-state index contributed by atoms with van der Waals surface area (Å²) in [5.74, 6) is 0.338. The van der Waals surface area contributed by atoms with Crippen molar-refractivity contribution in [2.75, 3.05) is 28.2 Å². The average Bonchev–Trinajstić information content (AvgIpc) is 2.39. The van der Waals surface area contributed by atoms with Crippen molar-refractivity contribution in [3.63, 3.8) is 0 Å². The van der Waals surface area contributed by atoms with Gasteiger partial charge in [-0.15, -0.1) is 0 Å². The molecule has 0 atom stereocenters. The highest BCUT2D eigenvalue weighted by atomic mass is 16.6. The van der Waals surface area contributed by atoms with Crippen LogP contribution in [0.15, 0.2) is 33.5 Å². The van der Waals surface area contributed by atoms with E-state index in [1.807, 2.05) is 19.0 Å². The minimum absolute atomic E-state index is 0.338. The van der Waals surface area contributed by atoms with Gasteiger partial charge in [0, 0.05) is 32.1 Å². The molecule has 1 amide bonds. The highest BCUT2D eigenvalue weighted by Gasteiger charge is 2.10. The molecule has 6 heteroatoms. The molecule has 112 valence electrons. The number of carbonyl (C=O) groups excluding carboxylic acids is 1. The van der Waals surface area contributed by atoms with E-state index in [0.717, 1.165) is 5.39 Å². The van der Waals surface area contributed by atoms with Crippen LogP contribution in [0.4, 0.5) is 4.79 Å². The molecule has 0 saturated heterocycles. The van der Waals surface area contributed by atoms with Crippen LogP contribution in [0, 0.1) is 0 Å². The van der Waals surface area contributed by atoms with E-state index in [-0.39, 0.29) is 5.63 Å². The highest BCUT2D eigenvalue weighted by Crippen LogP contribution is 2.21. The van der Waals surface area contributed by atoms with Crippen LogP contribution in [-0.2, 0) is 6.54 Å². The second-order valence-electron chi connectivity index (χ2n) is 5.26. The summed E-state index contributed by atoms with van der Waals surface area (Å²) in [6.07, 6.45) is -0.485. The lowest BCUT2D eigenvalue weighted by atomic mass is 10.2. The van der Waals surface area contributed by atoms with Gasteiger partial charge in [0.2, 0.25) is 0 Å². The van der Waals surface area contributed by atoms with Gasteiger partial charge in [-0.25, -0.2) is 9.59 Å². The topological polar surface area (TPSA) is 63.0 Å². The number of hydrogen-bond acceptors (Lipinski definition) is 5. The van der Waals surface area contributed by atoms with Crippen molar-refractivity contribution in [3.8, 4) is 5.75 Å². The maximum Gasteiger partial charge on any atom is 0.414 e. The summed E-state index contributed by atoms with van der Waals surface area (Å²) in [6, 6.07) is 6.76. The van der Waals surface area contributed by atoms with Crippen molar-refractivity contribution in [3.05, 3.63) is 40.2 Å². The zero-order valence-corrected chi connectivity index (χ0v) is 12.5. The van der Waals surface area contributed by atoms with E-state index < -0.39 is 6.09 Å². The van der Waals surface area contributed by atoms with Gasteiger partial charge in [-0.1, -0.05) is 0 Å². The van der Waals surface area contributed by atoms with E-state index in [1.54, 1.807) is 32.3 Å². The summed E-state index contributed by atoms with van der Waals surface area (Å²) < 4.78 is 10.4. The summed E-state index contributed by atoms with van der Waals surface area (Å²) in [5.41, 5.74) is 0.601. The average molecular weight is 290 g/mol. The number of rotatable bonds is 3. The quantitative estimate of drug-likeness (QED) is 0.808. The van der Waals surface area contributed by atoms with Crippen molar-refractivity contribution in [2.45, 2.75) is 6.54 Å². The Morgan fingerprint density at radius 2 is 1.90 bits per heavy atom. The van der Waals surface area contributed by atoms with Gasteiger partial charge in [0.05, 0.1) is 5.56 Å². The Hall–Kier alpha value is -2.34. The number of hydrogen-bond donors (Lipinski definition) is 0. The second-order valence-corrected chi connectivity index (χ2v) is 5.26. The minimum atomic E-state index is -0.485. The van der Waals surface area contributed by atoms with E-state index >= 15 is 0 Å². The van der Waals surface area contributed by atoms with Crippen molar-refractivity contribution in [2.24, 2.45) is 0 Å². The summed E-state index contributed by atoms with van der Waals surface area (Å²) >= 11 is 0. The fourth-order valence-electron chi connectivity index (χ4n) is 1.84. The molecule has 0 unspecified atom stereocenters. The molecule has 6 nitrogen and oxygen atoms in total. The predicted octanol–water partition coefficient (Wildman–Crippen LogP) is 1.91. The zero-order valence-electron chi connectivity index (χ0n) is 12.5. The van der Waals surface area contributed by atoms with Crippen LogP contribution < -0.4 is 10.4 Å². The molecule has 0 saturated carbocycles. The Kier molecular flexibility index (Phi) is 4.28. The monoisotopic (exact) mass is 290 g/mol. The molecule has 0 fully saturated rings. The fraction of sp³-hybridized carbons (Fsp3) is 0.333. The molecule has 1 aromatic carbocycles. The Balaban J connectivity index is 2.36. The number of benzene rings is 1. The summed E-state index contributed by atoms with van der Waals surface area (Å²) in [6.45, 7) is 0.510. The van der Waals surface area contributed by atoms with E-state index in [1.165, 1.54) is 11.0 Å². The molecule has 0 aliphatic heterocycles. The molecule has 0 radical (unpaired) electrons. The van der Waals surface area contributed by atoms with Gasteiger partial charge in [0.25, 0.3) is 0 Å². The molecule has 1 heterocycles. The number of amides is 1. The standard InChI is InChI=1S/C15H18N2O4/c1-16(2)9-11-7-10-5-6-12(20-15(19)17(3)4)8-13(10)21-14(11)18/h5-8H,9H2,1-4H3. The first-order valence-corrected chi connectivity index (χ1v) is 6.47. The number of ether oxygens (including phenoxy) is 1. The largest absolute Gasteiger partial charge is 0.422 e. The molecule has 0 aliphatic carbocycles. The Bertz CT molecular complexity index is 719. The fourth-order valence-corrected chi connectivity index (χ4v) is 1.84. The van der Waals surface area contributed by atoms with Crippen LogP contribution in [0.2, 0.25) is 0 Å². The molecule has 0 spiro atoms. The van der Waals surface area contributed by atoms with Gasteiger partial charge in [-0.3, -0.25) is 0 Å². The zero-order chi connectivity index (χ0) is 15.6. The van der Waals surface area contributed by atoms with Gasteiger partial charge in [-0.2, -0.15) is 0 Å². The van der Waals surface area contributed by atoms with Crippen LogP contribution in [0.1, 0.15) is 5.56 Å². The van der Waals surface area contributed by atoms with Crippen LogP contribution in [-0.4, -0.2) is 44.1 Å². The van der Waals surface area contributed by atoms with Crippen molar-refractivity contribution >= 4 is 17.1 Å². The molecular weight excluding hydrogens is 272 g/mol. The summed E-state index contributed by atoms with van der Waals surface area (Å²) in [5, 5.41) is 0.788. The second kappa shape index (κ2) is 5.97. The number of nitrogens with zero attached hydrogens (tertiary/aromatic N) is 2. The molecule has 21 heavy (non-hydrogen) atoms. The van der Waals surface area contributed by atoms with Crippen LogP contribution in [0.25, 0.3) is 11.0 Å². The lowest BCUT2D eigenvalue weighted by Crippen LogP contribution is -2.25. The number of carbonyl (C=O) groups is 1. The molecule has 2 aromatic rings. The smallest absolute Gasteiger partial charge is 0.414 e. The van der Waals surface area contributed by atoms with E-state index in [9.17, 15) is 9.59 Å². The number of fused-ring (bicyclic) bond motifs is 1. The van der Waals surface area contributed by atoms with Gasteiger partial charge in [-0.05, 0) is 32.3 Å². The van der Waals surface area contributed by atoms with Gasteiger partial charge in [0.1, 0.15) is 11.3 Å². The normalized spacial score (nSPS) is 10.9. The minimum Gasteiger partial charge on any atom is -0.422 e. The van der Waals surface area contributed by atoms with Crippen molar-refractivity contribution < 1.29 is 13.9 Å². The Morgan fingerprint density at radius 3 is 2.52 bits per heavy atom. The van der Waals surface area contributed by atoms with E-state index in [0.29, 0.717) is 23.4 Å². The van der Waals surface area contributed by atoms with E-state index in [2.05, 4.69) is 0 Å². The highest BCUT2D eigenvalue weighted by molar-refractivity contribution is 5.80. The Labute approximate surface area is 122 Å². The molecule has 0 N–H and O–H groups in total. The maximum atomic E-state index is 11.9. The van der Waals surface area contributed by atoms with Gasteiger partial charge >= 0.3 is 11.7 Å². The summed E-state index contributed by atoms with van der Waals surface area (Å²) in [7, 11) is 6.95. The first-order chi connectivity index (χ1) is 9.86. The van der Waals surface area contributed by atoms with Gasteiger partial charge < -0.3 is 19.0 Å². The molecule has 0 bridgehead atoms. The van der Waals surface area contributed by atoms with Crippen molar-refractivity contribution in [1.29, 1.82) is 0 Å². The predicted molar refractivity (Wildman–Crippen MR) is 79.6 cm³/mol. The third-order valence-corrected chi connectivity index (χ3v) is 2.84. The first-order valence-electron chi connectivity index (χ1n) is 6.47. The lowest BCUT2D eigenvalue weighted by Gasteiger charge is -2.11. The third kappa shape index (κ3) is 3.61. The molecule has 0 aliphatic rings. The molecule has 2 rings (SSSR count). The Morgan fingerprint density at radius 1 is 1.19 bits per heavy atom. The van der Waals surface area contributed by atoms with Gasteiger partial charge in [0.15, 0.2) is 0 Å². The van der Waals surface area contributed by atoms with Crippen LogP contribution in [0.3, 0.4) is 0 Å². The van der Waals surface area contributed by atoms with Crippen LogP contribution >= 0.6 is 0 Å². The molecular formula is C15H18N2O4.